The second-order valence-corrected chi connectivity index (χ2v) is 3.88. The average molecular weight is 216 g/mol. The molecule has 0 bridgehead atoms. The summed E-state index contributed by atoms with van der Waals surface area (Å²) in [5.74, 6) is 1.28. The number of ether oxygens (including phenoxy) is 1. The molecule has 0 aromatic carbocycles. The first-order valence-corrected chi connectivity index (χ1v) is 5.35. The second-order valence-electron chi connectivity index (χ2n) is 3.61. The lowest BCUT2D eigenvalue weighted by atomic mass is 10.2. The number of aromatic nitrogens is 3. The number of hydrogen-bond donors (Lipinski definition) is 0. The molecule has 2 rings (SSSR count). The fourth-order valence-electron chi connectivity index (χ4n) is 2.05. The fraction of sp³-hybridized carbons (Fsp3) is 0.778. The van der Waals surface area contributed by atoms with E-state index in [1.807, 2.05) is 0 Å². The van der Waals surface area contributed by atoms with Crippen molar-refractivity contribution < 1.29 is 4.74 Å². The number of rotatable bonds is 3. The number of halogens is 1. The molecule has 5 heteroatoms. The van der Waals surface area contributed by atoms with Gasteiger partial charge in [-0.05, 0) is 19.3 Å². The van der Waals surface area contributed by atoms with E-state index in [1.54, 1.807) is 13.4 Å². The summed E-state index contributed by atoms with van der Waals surface area (Å²) in [5.41, 5.74) is 0. The Bertz CT molecular complexity index is 302. The van der Waals surface area contributed by atoms with Crippen LogP contribution in [0.15, 0.2) is 6.33 Å². The van der Waals surface area contributed by atoms with Gasteiger partial charge in [0.25, 0.3) is 0 Å². The van der Waals surface area contributed by atoms with Gasteiger partial charge >= 0.3 is 0 Å². The van der Waals surface area contributed by atoms with Gasteiger partial charge in [-0.2, -0.15) is 0 Å². The maximum absolute atomic E-state index is 5.77. The Labute approximate surface area is 88.2 Å². The van der Waals surface area contributed by atoms with Gasteiger partial charge in [0, 0.05) is 13.2 Å². The van der Waals surface area contributed by atoms with Crippen molar-refractivity contribution in [1.82, 2.24) is 14.8 Å². The van der Waals surface area contributed by atoms with Gasteiger partial charge in [0.2, 0.25) is 0 Å². The van der Waals surface area contributed by atoms with Crippen LogP contribution in [0, 0.1) is 0 Å². The van der Waals surface area contributed by atoms with Gasteiger partial charge in [0.1, 0.15) is 12.2 Å². The summed E-state index contributed by atoms with van der Waals surface area (Å²) >= 11 is 5.77. The van der Waals surface area contributed by atoms with Gasteiger partial charge < -0.3 is 9.30 Å². The lowest BCUT2D eigenvalue weighted by molar-refractivity contribution is 0.106. The minimum Gasteiger partial charge on any atom is -0.381 e. The highest BCUT2D eigenvalue weighted by Gasteiger charge is 2.26. The molecule has 1 aromatic rings. The molecule has 1 fully saturated rings. The van der Waals surface area contributed by atoms with Crippen molar-refractivity contribution in [3.05, 3.63) is 12.2 Å². The van der Waals surface area contributed by atoms with E-state index in [2.05, 4.69) is 14.8 Å². The molecule has 0 saturated heterocycles. The molecule has 78 valence electrons. The third kappa shape index (κ3) is 1.77. The third-order valence-electron chi connectivity index (χ3n) is 2.85. The highest BCUT2D eigenvalue weighted by atomic mass is 35.5. The first-order valence-electron chi connectivity index (χ1n) is 4.82. The van der Waals surface area contributed by atoms with Gasteiger partial charge in [-0.25, -0.2) is 0 Å². The SMILES string of the molecule is COC1CCC(n2cnnc2CCl)C1. The van der Waals surface area contributed by atoms with Gasteiger partial charge in [0.15, 0.2) is 0 Å². The zero-order chi connectivity index (χ0) is 9.97. The molecule has 0 spiro atoms. The smallest absolute Gasteiger partial charge is 0.148 e. The first kappa shape index (κ1) is 9.93. The van der Waals surface area contributed by atoms with Crippen molar-refractivity contribution >= 4 is 11.6 Å². The van der Waals surface area contributed by atoms with Crippen LogP contribution in [0.25, 0.3) is 0 Å². The van der Waals surface area contributed by atoms with Crippen LogP contribution in [0.4, 0.5) is 0 Å². The highest BCUT2D eigenvalue weighted by molar-refractivity contribution is 6.16. The molecule has 0 amide bonds. The van der Waals surface area contributed by atoms with E-state index in [9.17, 15) is 0 Å². The summed E-state index contributed by atoms with van der Waals surface area (Å²) in [5, 5.41) is 7.85. The van der Waals surface area contributed by atoms with Crippen LogP contribution in [-0.4, -0.2) is 28.0 Å². The van der Waals surface area contributed by atoms with Crippen LogP contribution < -0.4 is 0 Å². The summed E-state index contributed by atoms with van der Waals surface area (Å²) in [6.45, 7) is 0. The lowest BCUT2D eigenvalue weighted by Gasteiger charge is -2.13. The summed E-state index contributed by atoms with van der Waals surface area (Å²) in [6.07, 6.45) is 5.42. The molecule has 2 unspecified atom stereocenters. The Morgan fingerprint density at radius 2 is 2.50 bits per heavy atom. The quantitative estimate of drug-likeness (QED) is 0.722. The normalized spacial score (nSPS) is 27.0. The largest absolute Gasteiger partial charge is 0.381 e. The van der Waals surface area contributed by atoms with Crippen molar-refractivity contribution in [3.63, 3.8) is 0 Å². The Hall–Kier alpha value is -0.610. The molecule has 1 aliphatic rings. The number of methoxy groups -OCH3 is 1. The Kier molecular flexibility index (Phi) is 3.03. The molecule has 0 aliphatic heterocycles. The van der Waals surface area contributed by atoms with Crippen LogP contribution in [0.3, 0.4) is 0 Å². The molecular weight excluding hydrogens is 202 g/mol. The number of hydrogen-bond acceptors (Lipinski definition) is 3. The van der Waals surface area contributed by atoms with E-state index in [1.165, 1.54) is 0 Å². The predicted octanol–water partition coefficient (Wildman–Crippen LogP) is 1.76. The average Bonchev–Trinajstić information content (AvgIpc) is 2.85. The molecule has 0 N–H and O–H groups in total. The standard InChI is InChI=1S/C9H14ClN3O/c1-14-8-3-2-7(4-8)13-6-11-12-9(13)5-10/h6-8H,2-5H2,1H3. The van der Waals surface area contributed by atoms with Gasteiger partial charge in [-0.15, -0.1) is 21.8 Å². The predicted molar refractivity (Wildman–Crippen MR) is 53.3 cm³/mol. The van der Waals surface area contributed by atoms with E-state index in [-0.39, 0.29) is 0 Å². The second kappa shape index (κ2) is 4.28. The van der Waals surface area contributed by atoms with Crippen molar-refractivity contribution in [3.8, 4) is 0 Å². The van der Waals surface area contributed by atoms with Crippen LogP contribution in [0.5, 0.6) is 0 Å². The topological polar surface area (TPSA) is 39.9 Å². The number of nitrogens with zero attached hydrogens (tertiary/aromatic N) is 3. The summed E-state index contributed by atoms with van der Waals surface area (Å²) in [4.78, 5) is 0. The van der Waals surface area contributed by atoms with E-state index >= 15 is 0 Å². The first-order chi connectivity index (χ1) is 6.85. The zero-order valence-corrected chi connectivity index (χ0v) is 8.94. The van der Waals surface area contributed by atoms with Gasteiger partial charge in [0.05, 0.1) is 12.0 Å². The molecule has 14 heavy (non-hydrogen) atoms. The summed E-state index contributed by atoms with van der Waals surface area (Å²) < 4.78 is 7.40. The van der Waals surface area contributed by atoms with E-state index < -0.39 is 0 Å². The number of alkyl halides is 1. The van der Waals surface area contributed by atoms with Crippen LogP contribution in [-0.2, 0) is 10.6 Å². The zero-order valence-electron chi connectivity index (χ0n) is 8.19. The summed E-state index contributed by atoms with van der Waals surface area (Å²) in [6, 6.07) is 0.462. The van der Waals surface area contributed by atoms with Crippen molar-refractivity contribution in [2.75, 3.05) is 7.11 Å². The maximum Gasteiger partial charge on any atom is 0.148 e. The van der Waals surface area contributed by atoms with Crippen LogP contribution >= 0.6 is 11.6 Å². The Balaban J connectivity index is 2.09. The van der Waals surface area contributed by atoms with E-state index in [0.29, 0.717) is 18.0 Å². The third-order valence-corrected chi connectivity index (χ3v) is 3.09. The molecule has 1 saturated carbocycles. The van der Waals surface area contributed by atoms with Crippen molar-refractivity contribution in [2.24, 2.45) is 0 Å². The Morgan fingerprint density at radius 1 is 1.64 bits per heavy atom. The molecule has 1 aromatic heterocycles. The summed E-state index contributed by atoms with van der Waals surface area (Å²) in [7, 11) is 1.77. The fourth-order valence-corrected chi connectivity index (χ4v) is 2.24. The maximum atomic E-state index is 5.77. The van der Waals surface area contributed by atoms with Gasteiger partial charge in [-0.3, -0.25) is 0 Å². The minimum atomic E-state index is 0.380. The molecule has 1 aliphatic carbocycles. The van der Waals surface area contributed by atoms with E-state index in [0.717, 1.165) is 25.1 Å². The monoisotopic (exact) mass is 215 g/mol. The molecule has 1 heterocycles. The minimum absolute atomic E-state index is 0.380. The molecule has 2 atom stereocenters. The van der Waals surface area contributed by atoms with Crippen LogP contribution in [0.1, 0.15) is 31.1 Å². The molecular formula is C9H14ClN3O. The highest BCUT2D eigenvalue weighted by Crippen LogP contribution is 2.32. The molecule has 0 radical (unpaired) electrons. The lowest BCUT2D eigenvalue weighted by Crippen LogP contribution is -2.10. The van der Waals surface area contributed by atoms with Gasteiger partial charge in [-0.1, -0.05) is 0 Å². The Morgan fingerprint density at radius 3 is 3.14 bits per heavy atom. The van der Waals surface area contributed by atoms with Crippen molar-refractivity contribution in [1.29, 1.82) is 0 Å². The van der Waals surface area contributed by atoms with Crippen molar-refractivity contribution in [2.45, 2.75) is 37.3 Å². The van der Waals surface area contributed by atoms with Crippen LogP contribution in [0.2, 0.25) is 0 Å². The molecule has 4 nitrogen and oxygen atoms in total. The van der Waals surface area contributed by atoms with E-state index in [4.69, 9.17) is 16.3 Å².